The first kappa shape index (κ1) is 22.7. The van der Waals surface area contributed by atoms with Gasteiger partial charge in [0.1, 0.15) is 12.4 Å². The number of benzene rings is 1. The Bertz CT molecular complexity index is 820. The molecular weight excluding hydrogens is 392 g/mol. The molecule has 0 fully saturated rings. The zero-order chi connectivity index (χ0) is 21.4. The van der Waals surface area contributed by atoms with Gasteiger partial charge in [-0.1, -0.05) is 44.7 Å². The van der Waals surface area contributed by atoms with E-state index in [4.69, 9.17) is 4.74 Å². The van der Waals surface area contributed by atoms with Gasteiger partial charge in [-0.3, -0.25) is 10.1 Å². The first-order valence-corrected chi connectivity index (χ1v) is 10.4. The van der Waals surface area contributed by atoms with E-state index in [0.717, 1.165) is 12.2 Å². The largest absolute Gasteiger partial charge is 0.486 e. The van der Waals surface area contributed by atoms with Crippen molar-refractivity contribution in [2.24, 2.45) is 5.92 Å². The standard InChI is InChI=1S/C20H28N4O4S/c1-6-15-7-9-16(10-8-15)28-12-17-22-23-19(24(17)11-13(2)3)29-14(4)18(25)21-20(26)27-5/h7-10,13-14H,6,11-12H2,1-5H3,(H,21,25,26)/t14-/m1/s1. The van der Waals surface area contributed by atoms with Crippen molar-refractivity contribution >= 4 is 23.8 Å². The SMILES string of the molecule is CCc1ccc(OCc2nnc(S[C@H](C)C(=O)NC(=O)OC)n2CC(C)C)cc1. The monoisotopic (exact) mass is 420 g/mol. The van der Waals surface area contributed by atoms with Crippen LogP contribution in [0.25, 0.3) is 0 Å². The topological polar surface area (TPSA) is 95.3 Å². The summed E-state index contributed by atoms with van der Waals surface area (Å²) in [7, 11) is 1.21. The second-order valence-electron chi connectivity index (χ2n) is 6.93. The van der Waals surface area contributed by atoms with Crippen LogP contribution < -0.4 is 10.1 Å². The maximum absolute atomic E-state index is 12.1. The zero-order valence-electron chi connectivity index (χ0n) is 17.5. The predicted molar refractivity (Wildman–Crippen MR) is 111 cm³/mol. The Hall–Kier alpha value is -2.55. The summed E-state index contributed by atoms with van der Waals surface area (Å²) in [4.78, 5) is 23.3. The van der Waals surface area contributed by atoms with Crippen LogP contribution in [-0.2, 0) is 29.1 Å². The lowest BCUT2D eigenvalue weighted by molar-refractivity contribution is -0.119. The van der Waals surface area contributed by atoms with E-state index in [1.54, 1.807) is 6.92 Å². The number of ether oxygens (including phenoxy) is 2. The Kier molecular flexibility index (Phi) is 8.50. The van der Waals surface area contributed by atoms with Gasteiger partial charge < -0.3 is 14.0 Å². The summed E-state index contributed by atoms with van der Waals surface area (Å²) >= 11 is 1.23. The molecule has 2 rings (SSSR count). The number of nitrogens with zero attached hydrogens (tertiary/aromatic N) is 3. The molecule has 1 atom stereocenters. The van der Waals surface area contributed by atoms with Gasteiger partial charge >= 0.3 is 6.09 Å². The normalized spacial score (nSPS) is 11.9. The summed E-state index contributed by atoms with van der Waals surface area (Å²) in [6, 6.07) is 7.96. The molecule has 1 heterocycles. The zero-order valence-corrected chi connectivity index (χ0v) is 18.3. The number of rotatable bonds is 9. The van der Waals surface area contributed by atoms with Crippen LogP contribution in [0.15, 0.2) is 29.4 Å². The average molecular weight is 421 g/mol. The Balaban J connectivity index is 2.09. The number of alkyl carbamates (subject to hydrolysis) is 1. The molecule has 2 aromatic rings. The van der Waals surface area contributed by atoms with Gasteiger partial charge in [0.2, 0.25) is 5.91 Å². The van der Waals surface area contributed by atoms with Crippen molar-refractivity contribution in [2.45, 2.75) is 57.7 Å². The molecule has 2 amide bonds. The van der Waals surface area contributed by atoms with Gasteiger partial charge in [0, 0.05) is 6.54 Å². The number of carbonyl (C=O) groups is 2. The maximum Gasteiger partial charge on any atom is 0.413 e. The fourth-order valence-electron chi connectivity index (χ4n) is 2.50. The number of methoxy groups -OCH3 is 1. The van der Waals surface area contributed by atoms with Gasteiger partial charge in [-0.05, 0) is 37.0 Å². The molecule has 1 aromatic heterocycles. The lowest BCUT2D eigenvalue weighted by Crippen LogP contribution is -2.36. The molecule has 0 aliphatic carbocycles. The fourth-order valence-corrected chi connectivity index (χ4v) is 3.37. The van der Waals surface area contributed by atoms with Crippen LogP contribution in [0.3, 0.4) is 0 Å². The van der Waals surface area contributed by atoms with Crippen molar-refractivity contribution in [3.8, 4) is 5.75 Å². The van der Waals surface area contributed by atoms with E-state index < -0.39 is 17.3 Å². The molecule has 158 valence electrons. The second-order valence-corrected chi connectivity index (χ2v) is 8.24. The quantitative estimate of drug-likeness (QED) is 0.621. The number of hydrogen-bond donors (Lipinski definition) is 1. The van der Waals surface area contributed by atoms with E-state index in [2.05, 4.69) is 41.0 Å². The summed E-state index contributed by atoms with van der Waals surface area (Å²) in [5.74, 6) is 1.35. The molecule has 29 heavy (non-hydrogen) atoms. The van der Waals surface area contributed by atoms with Crippen LogP contribution in [0.4, 0.5) is 4.79 Å². The van der Waals surface area contributed by atoms with Crippen molar-refractivity contribution in [1.82, 2.24) is 20.1 Å². The third-order valence-electron chi connectivity index (χ3n) is 4.10. The first-order chi connectivity index (χ1) is 13.8. The molecule has 1 aromatic carbocycles. The molecule has 0 spiro atoms. The van der Waals surface area contributed by atoms with Crippen molar-refractivity contribution in [3.63, 3.8) is 0 Å². The van der Waals surface area contributed by atoms with Gasteiger partial charge in [-0.2, -0.15) is 0 Å². The number of hydrogen-bond acceptors (Lipinski definition) is 7. The van der Waals surface area contributed by atoms with E-state index in [1.165, 1.54) is 24.4 Å². The minimum Gasteiger partial charge on any atom is -0.486 e. The van der Waals surface area contributed by atoms with Crippen LogP contribution >= 0.6 is 11.8 Å². The highest BCUT2D eigenvalue weighted by Crippen LogP contribution is 2.24. The predicted octanol–water partition coefficient (Wildman–Crippen LogP) is 3.44. The van der Waals surface area contributed by atoms with Crippen LogP contribution in [0.1, 0.15) is 39.1 Å². The third-order valence-corrected chi connectivity index (χ3v) is 5.18. The van der Waals surface area contributed by atoms with Crippen LogP contribution in [0, 0.1) is 5.92 Å². The Morgan fingerprint density at radius 3 is 2.45 bits per heavy atom. The van der Waals surface area contributed by atoms with Crippen molar-refractivity contribution < 1.29 is 19.1 Å². The number of nitrogens with one attached hydrogen (secondary N) is 1. The van der Waals surface area contributed by atoms with E-state index in [9.17, 15) is 9.59 Å². The summed E-state index contributed by atoms with van der Waals surface area (Å²) in [5.41, 5.74) is 1.25. The molecule has 0 aliphatic heterocycles. The molecule has 0 bridgehead atoms. The molecule has 0 radical (unpaired) electrons. The fraction of sp³-hybridized carbons (Fsp3) is 0.500. The Morgan fingerprint density at radius 1 is 1.17 bits per heavy atom. The first-order valence-electron chi connectivity index (χ1n) is 9.53. The smallest absolute Gasteiger partial charge is 0.413 e. The van der Waals surface area contributed by atoms with E-state index in [1.807, 2.05) is 28.8 Å². The van der Waals surface area contributed by atoms with Crippen LogP contribution in [0.5, 0.6) is 5.75 Å². The molecule has 0 aliphatic rings. The van der Waals surface area contributed by atoms with E-state index in [-0.39, 0.29) is 6.61 Å². The number of carbonyl (C=O) groups excluding carboxylic acids is 2. The number of aryl methyl sites for hydroxylation is 1. The van der Waals surface area contributed by atoms with Crippen molar-refractivity contribution in [2.75, 3.05) is 7.11 Å². The van der Waals surface area contributed by atoms with Crippen molar-refractivity contribution in [1.29, 1.82) is 0 Å². The van der Waals surface area contributed by atoms with Gasteiger partial charge in [0.25, 0.3) is 0 Å². The lowest BCUT2D eigenvalue weighted by Gasteiger charge is -2.15. The van der Waals surface area contributed by atoms with Gasteiger partial charge in [-0.25, -0.2) is 4.79 Å². The summed E-state index contributed by atoms with van der Waals surface area (Å²) in [5, 5.41) is 10.7. The Labute approximate surface area is 175 Å². The number of imide groups is 1. The highest BCUT2D eigenvalue weighted by atomic mass is 32.2. The third kappa shape index (κ3) is 6.77. The minimum absolute atomic E-state index is 0.272. The van der Waals surface area contributed by atoms with Crippen molar-refractivity contribution in [3.05, 3.63) is 35.7 Å². The number of thioether (sulfide) groups is 1. The molecule has 9 heteroatoms. The Morgan fingerprint density at radius 2 is 1.86 bits per heavy atom. The average Bonchev–Trinajstić information content (AvgIpc) is 3.07. The summed E-state index contributed by atoms with van der Waals surface area (Å²) in [6.45, 7) is 8.95. The number of amides is 2. The minimum atomic E-state index is -0.783. The van der Waals surface area contributed by atoms with E-state index in [0.29, 0.717) is 23.4 Å². The molecule has 1 N–H and O–H groups in total. The molecule has 8 nitrogen and oxygen atoms in total. The van der Waals surface area contributed by atoms with Gasteiger partial charge in [0.15, 0.2) is 11.0 Å². The van der Waals surface area contributed by atoms with E-state index >= 15 is 0 Å². The van der Waals surface area contributed by atoms with Gasteiger partial charge in [0.05, 0.1) is 12.4 Å². The maximum atomic E-state index is 12.1. The highest BCUT2D eigenvalue weighted by molar-refractivity contribution is 8.00. The summed E-state index contributed by atoms with van der Waals surface area (Å²) in [6.07, 6.45) is 0.194. The lowest BCUT2D eigenvalue weighted by atomic mass is 10.2. The molecule has 0 unspecified atom stereocenters. The second kappa shape index (κ2) is 10.8. The highest BCUT2D eigenvalue weighted by Gasteiger charge is 2.22. The van der Waals surface area contributed by atoms with Crippen LogP contribution in [-0.4, -0.2) is 39.1 Å². The molecule has 0 saturated carbocycles. The molecular formula is C20H28N4O4S. The van der Waals surface area contributed by atoms with Crippen LogP contribution in [0.2, 0.25) is 0 Å². The molecule has 0 saturated heterocycles. The van der Waals surface area contributed by atoms with Gasteiger partial charge in [-0.15, -0.1) is 10.2 Å². The number of aromatic nitrogens is 3. The summed E-state index contributed by atoms with van der Waals surface area (Å²) < 4.78 is 12.3.